The third kappa shape index (κ3) is 11.1. The van der Waals surface area contributed by atoms with Gasteiger partial charge in [0.15, 0.2) is 12.5 Å². The predicted molar refractivity (Wildman–Crippen MR) is 107 cm³/mol. The molecule has 6 heteroatoms. The molecule has 2 atom stereocenters. The molecule has 0 rings (SSSR count). The summed E-state index contributed by atoms with van der Waals surface area (Å²) in [4.78, 5) is 26.4. The van der Waals surface area contributed by atoms with E-state index in [0.717, 1.165) is 26.2 Å². The van der Waals surface area contributed by atoms with E-state index in [4.69, 9.17) is 9.47 Å². The van der Waals surface area contributed by atoms with Crippen molar-refractivity contribution in [2.75, 3.05) is 26.2 Å². The molecule has 26 heavy (non-hydrogen) atoms. The van der Waals surface area contributed by atoms with Crippen LogP contribution in [0.15, 0.2) is 24.3 Å². The number of rotatable bonds is 10. The minimum absolute atomic E-state index is 0.167. The zero-order valence-electron chi connectivity index (χ0n) is 17.9. The Hall–Kier alpha value is -1.66. The van der Waals surface area contributed by atoms with Gasteiger partial charge in [-0.1, -0.05) is 40.9 Å². The monoisotopic (exact) mass is 370 g/mol. The molecular formula is C20H38N2O4. The van der Waals surface area contributed by atoms with Crippen LogP contribution in [0.5, 0.6) is 0 Å². The van der Waals surface area contributed by atoms with Gasteiger partial charge in [0.05, 0.1) is 0 Å². The highest BCUT2D eigenvalue weighted by Gasteiger charge is 2.15. The van der Waals surface area contributed by atoms with Gasteiger partial charge < -0.3 is 9.47 Å². The molecule has 0 fully saturated rings. The third-order valence-electron chi connectivity index (χ3n) is 3.91. The van der Waals surface area contributed by atoms with Crippen molar-refractivity contribution in [3.8, 4) is 0 Å². The lowest BCUT2D eigenvalue weighted by Gasteiger charge is -2.25. The summed E-state index contributed by atoms with van der Waals surface area (Å²) in [6.45, 7) is 25.7. The molecule has 0 heterocycles. The molecule has 0 saturated heterocycles. The maximum atomic E-state index is 11.1. The van der Waals surface area contributed by atoms with Gasteiger partial charge in [-0.2, -0.15) is 0 Å². The molecule has 0 radical (unpaired) electrons. The Morgan fingerprint density at radius 2 is 0.962 bits per heavy atom. The average molecular weight is 371 g/mol. The lowest BCUT2D eigenvalue weighted by Crippen LogP contribution is -2.36. The van der Waals surface area contributed by atoms with Crippen LogP contribution < -0.4 is 0 Å². The van der Waals surface area contributed by atoms with Gasteiger partial charge in [0.2, 0.25) is 0 Å². The second-order valence-electron chi connectivity index (χ2n) is 6.01. The molecule has 0 saturated carbocycles. The molecule has 0 aromatic rings. The van der Waals surface area contributed by atoms with Crippen LogP contribution in [-0.2, 0) is 19.1 Å². The summed E-state index contributed by atoms with van der Waals surface area (Å²) >= 11 is 0. The number of nitrogens with zero attached hydrogens (tertiary/aromatic N) is 2. The maximum absolute atomic E-state index is 11.1. The standard InChI is InChI=1S/2C10H19NO2/c2*1-6-11(7-2)9(5)13-10(12)8(3)4/h2*9H,3,6-7H2,1-2,4-5H3. The van der Waals surface area contributed by atoms with Crippen molar-refractivity contribution >= 4 is 11.9 Å². The van der Waals surface area contributed by atoms with E-state index >= 15 is 0 Å². The Balaban J connectivity index is 0. The molecule has 0 N–H and O–H groups in total. The van der Waals surface area contributed by atoms with Crippen molar-refractivity contribution in [1.29, 1.82) is 0 Å². The van der Waals surface area contributed by atoms with Crippen molar-refractivity contribution in [2.45, 2.75) is 67.8 Å². The predicted octanol–water partition coefficient (Wildman–Crippen LogP) is 3.59. The van der Waals surface area contributed by atoms with Crippen LogP contribution in [0, 0.1) is 0 Å². The fraction of sp³-hybridized carbons (Fsp3) is 0.700. The Kier molecular flexibility index (Phi) is 14.8. The van der Waals surface area contributed by atoms with E-state index in [2.05, 4.69) is 23.0 Å². The van der Waals surface area contributed by atoms with E-state index in [-0.39, 0.29) is 24.4 Å². The van der Waals surface area contributed by atoms with Crippen molar-refractivity contribution < 1.29 is 19.1 Å². The van der Waals surface area contributed by atoms with Gasteiger partial charge >= 0.3 is 11.9 Å². The van der Waals surface area contributed by atoms with Crippen molar-refractivity contribution in [2.24, 2.45) is 0 Å². The second kappa shape index (κ2) is 14.5. The van der Waals surface area contributed by atoms with E-state index in [1.54, 1.807) is 13.8 Å². The lowest BCUT2D eigenvalue weighted by atomic mass is 10.3. The summed E-state index contributed by atoms with van der Waals surface area (Å²) in [6.07, 6.45) is -0.335. The van der Waals surface area contributed by atoms with Crippen LogP contribution in [0.3, 0.4) is 0 Å². The van der Waals surface area contributed by atoms with E-state index in [9.17, 15) is 9.59 Å². The minimum atomic E-state index is -0.320. The SMILES string of the molecule is C=C(C)C(=O)OC(C)N(CC)CC.C=C(C)C(=O)OC(C)N(CC)CC. The first kappa shape index (κ1) is 26.6. The molecule has 0 spiro atoms. The first-order valence-corrected chi connectivity index (χ1v) is 9.26. The Morgan fingerprint density at radius 1 is 0.731 bits per heavy atom. The normalized spacial score (nSPS) is 12.7. The minimum Gasteiger partial charge on any atom is -0.443 e. The molecule has 0 aromatic carbocycles. The van der Waals surface area contributed by atoms with Gasteiger partial charge in [0, 0.05) is 11.1 Å². The van der Waals surface area contributed by atoms with Gasteiger partial charge in [-0.3, -0.25) is 9.80 Å². The molecule has 6 nitrogen and oxygen atoms in total. The summed E-state index contributed by atoms with van der Waals surface area (Å²) in [5.74, 6) is -0.640. The largest absolute Gasteiger partial charge is 0.443 e. The highest BCUT2D eigenvalue weighted by Crippen LogP contribution is 2.04. The molecule has 152 valence electrons. The molecule has 0 amide bonds. The summed E-state index contributed by atoms with van der Waals surface area (Å²) in [7, 11) is 0. The zero-order chi connectivity index (χ0) is 20.9. The molecule has 0 aromatic heterocycles. The number of hydrogen-bond acceptors (Lipinski definition) is 6. The van der Waals surface area contributed by atoms with Crippen LogP contribution in [0.2, 0.25) is 0 Å². The van der Waals surface area contributed by atoms with Crippen LogP contribution in [0.1, 0.15) is 55.4 Å². The third-order valence-corrected chi connectivity index (χ3v) is 3.91. The van der Waals surface area contributed by atoms with Gasteiger partial charge in [-0.25, -0.2) is 9.59 Å². The molecule has 0 aliphatic carbocycles. The van der Waals surface area contributed by atoms with Crippen LogP contribution in [0.25, 0.3) is 0 Å². The van der Waals surface area contributed by atoms with E-state index in [1.807, 2.05) is 41.5 Å². The number of hydrogen-bond donors (Lipinski definition) is 0. The fourth-order valence-electron chi connectivity index (χ4n) is 2.14. The summed E-state index contributed by atoms with van der Waals surface area (Å²) in [5.41, 5.74) is 0.887. The van der Waals surface area contributed by atoms with Gasteiger partial charge in [-0.05, 0) is 53.9 Å². The van der Waals surface area contributed by atoms with Crippen molar-refractivity contribution in [1.82, 2.24) is 9.80 Å². The number of carbonyl (C=O) groups is 2. The summed E-state index contributed by atoms with van der Waals surface area (Å²) in [6, 6.07) is 0. The molecule has 0 aliphatic heterocycles. The Labute approximate surface area is 159 Å². The van der Waals surface area contributed by atoms with Crippen molar-refractivity contribution in [3.05, 3.63) is 24.3 Å². The lowest BCUT2D eigenvalue weighted by molar-refractivity contribution is -0.153. The first-order valence-electron chi connectivity index (χ1n) is 9.26. The zero-order valence-corrected chi connectivity index (χ0v) is 17.9. The van der Waals surface area contributed by atoms with Crippen LogP contribution in [-0.4, -0.2) is 60.4 Å². The summed E-state index contributed by atoms with van der Waals surface area (Å²) < 4.78 is 10.3. The van der Waals surface area contributed by atoms with E-state index in [0.29, 0.717) is 11.1 Å². The number of esters is 2. The Morgan fingerprint density at radius 3 is 1.12 bits per heavy atom. The maximum Gasteiger partial charge on any atom is 0.334 e. The topological polar surface area (TPSA) is 59.1 Å². The first-order chi connectivity index (χ1) is 12.0. The van der Waals surface area contributed by atoms with Crippen LogP contribution >= 0.6 is 0 Å². The second-order valence-corrected chi connectivity index (χ2v) is 6.01. The van der Waals surface area contributed by atoms with Crippen molar-refractivity contribution in [3.63, 3.8) is 0 Å². The van der Waals surface area contributed by atoms with Gasteiger partial charge in [-0.15, -0.1) is 0 Å². The summed E-state index contributed by atoms with van der Waals surface area (Å²) in [5, 5.41) is 0. The van der Waals surface area contributed by atoms with Gasteiger partial charge in [0.25, 0.3) is 0 Å². The smallest absolute Gasteiger partial charge is 0.334 e. The molecule has 2 unspecified atom stereocenters. The number of ether oxygens (including phenoxy) is 2. The quantitative estimate of drug-likeness (QED) is 0.333. The highest BCUT2D eigenvalue weighted by atomic mass is 16.6. The highest BCUT2D eigenvalue weighted by molar-refractivity contribution is 5.87. The van der Waals surface area contributed by atoms with Crippen LogP contribution in [0.4, 0.5) is 0 Å². The van der Waals surface area contributed by atoms with E-state index in [1.165, 1.54) is 0 Å². The van der Waals surface area contributed by atoms with E-state index < -0.39 is 0 Å². The van der Waals surface area contributed by atoms with Gasteiger partial charge in [0.1, 0.15) is 0 Å². The molecular weight excluding hydrogens is 332 g/mol. The Bertz CT molecular complexity index is 413. The number of carbonyl (C=O) groups excluding carboxylic acids is 2. The fourth-order valence-corrected chi connectivity index (χ4v) is 2.14. The average Bonchev–Trinajstić information content (AvgIpc) is 2.57. The molecule has 0 aliphatic rings. The molecule has 0 bridgehead atoms.